The number of nitrogens with zero attached hydrogens (tertiary/aromatic N) is 2. The maximum Gasteiger partial charge on any atom is 0.258 e. The van der Waals surface area contributed by atoms with Gasteiger partial charge in [-0.2, -0.15) is 0 Å². The van der Waals surface area contributed by atoms with E-state index in [1.54, 1.807) is 0 Å². The van der Waals surface area contributed by atoms with Gasteiger partial charge in [0.05, 0.1) is 17.1 Å². The van der Waals surface area contributed by atoms with E-state index in [0.717, 1.165) is 11.0 Å². The maximum absolute atomic E-state index is 5.81. The van der Waals surface area contributed by atoms with E-state index in [9.17, 15) is 0 Å². The second kappa shape index (κ2) is 6.43. The number of rotatable bonds is 5. The van der Waals surface area contributed by atoms with Crippen molar-refractivity contribution in [2.24, 2.45) is 0 Å². The number of ether oxygens (including phenoxy) is 1. The topological polar surface area (TPSA) is 47.0 Å². The Labute approximate surface area is 130 Å². The average molecular weight is 293 g/mol. The second-order valence-corrected chi connectivity index (χ2v) is 5.37. The minimum Gasteiger partial charge on any atom is -0.472 e. The van der Waals surface area contributed by atoms with Gasteiger partial charge < -0.3 is 10.1 Å². The van der Waals surface area contributed by atoms with E-state index in [0.29, 0.717) is 18.2 Å². The van der Waals surface area contributed by atoms with Crippen molar-refractivity contribution in [2.75, 3.05) is 5.32 Å². The zero-order valence-corrected chi connectivity index (χ0v) is 12.8. The smallest absolute Gasteiger partial charge is 0.258 e. The second-order valence-electron chi connectivity index (χ2n) is 5.37. The molecule has 0 saturated carbocycles. The van der Waals surface area contributed by atoms with Crippen molar-refractivity contribution in [2.45, 2.75) is 26.5 Å². The summed E-state index contributed by atoms with van der Waals surface area (Å²) in [5.41, 5.74) is 2.88. The quantitative estimate of drug-likeness (QED) is 0.771. The zero-order valence-electron chi connectivity index (χ0n) is 12.8. The van der Waals surface area contributed by atoms with Gasteiger partial charge in [-0.05, 0) is 31.5 Å². The van der Waals surface area contributed by atoms with Crippen LogP contribution in [0.15, 0.2) is 54.6 Å². The minimum absolute atomic E-state index is 0.0488. The first-order valence-corrected chi connectivity index (χ1v) is 7.43. The van der Waals surface area contributed by atoms with Crippen LogP contribution in [0.5, 0.6) is 5.88 Å². The molecule has 0 bridgehead atoms. The number of hydrogen-bond acceptors (Lipinski definition) is 4. The highest BCUT2D eigenvalue weighted by Gasteiger charge is 2.11. The van der Waals surface area contributed by atoms with Gasteiger partial charge in [-0.25, -0.2) is 9.97 Å². The van der Waals surface area contributed by atoms with Crippen LogP contribution in [0, 0.1) is 0 Å². The van der Waals surface area contributed by atoms with Gasteiger partial charge in [0.15, 0.2) is 5.82 Å². The summed E-state index contributed by atoms with van der Waals surface area (Å²) >= 11 is 0. The Morgan fingerprint density at radius 1 is 0.909 bits per heavy atom. The summed E-state index contributed by atoms with van der Waals surface area (Å²) in [5, 5.41) is 3.33. The molecule has 0 aliphatic heterocycles. The Morgan fingerprint density at radius 2 is 1.55 bits per heavy atom. The largest absolute Gasteiger partial charge is 0.472 e. The molecule has 4 heteroatoms. The van der Waals surface area contributed by atoms with Crippen LogP contribution in [0.3, 0.4) is 0 Å². The number of fused-ring (bicyclic) bond motifs is 1. The van der Waals surface area contributed by atoms with E-state index in [2.05, 4.69) is 27.4 Å². The summed E-state index contributed by atoms with van der Waals surface area (Å²) in [6.07, 6.45) is 0.0488. The zero-order chi connectivity index (χ0) is 15.4. The van der Waals surface area contributed by atoms with E-state index < -0.39 is 0 Å². The first kappa shape index (κ1) is 14.3. The van der Waals surface area contributed by atoms with Crippen molar-refractivity contribution >= 4 is 16.9 Å². The fourth-order valence-corrected chi connectivity index (χ4v) is 2.19. The van der Waals surface area contributed by atoms with E-state index in [1.807, 2.05) is 56.3 Å². The molecule has 0 aliphatic carbocycles. The van der Waals surface area contributed by atoms with Crippen molar-refractivity contribution < 1.29 is 4.74 Å². The first-order valence-electron chi connectivity index (χ1n) is 7.43. The summed E-state index contributed by atoms with van der Waals surface area (Å²) in [6.45, 7) is 4.65. The number of benzene rings is 2. The van der Waals surface area contributed by atoms with Gasteiger partial charge in [0.25, 0.3) is 5.88 Å². The molecule has 0 amide bonds. The van der Waals surface area contributed by atoms with Crippen LogP contribution in [0.4, 0.5) is 5.82 Å². The fourth-order valence-electron chi connectivity index (χ4n) is 2.19. The first-order chi connectivity index (χ1) is 10.7. The summed E-state index contributed by atoms with van der Waals surface area (Å²) in [6, 6.07) is 18.0. The molecule has 4 nitrogen and oxygen atoms in total. The summed E-state index contributed by atoms with van der Waals surface area (Å²) in [4.78, 5) is 9.23. The molecule has 1 heterocycles. The van der Waals surface area contributed by atoms with Crippen molar-refractivity contribution in [3.8, 4) is 5.88 Å². The number of hydrogen-bond donors (Lipinski definition) is 1. The molecule has 3 aromatic rings. The summed E-state index contributed by atoms with van der Waals surface area (Å²) < 4.78 is 5.81. The molecule has 1 N–H and O–H groups in total. The monoisotopic (exact) mass is 293 g/mol. The van der Waals surface area contributed by atoms with E-state index in [4.69, 9.17) is 4.74 Å². The molecule has 0 radical (unpaired) electrons. The highest BCUT2D eigenvalue weighted by atomic mass is 16.5. The number of aromatic nitrogens is 2. The van der Waals surface area contributed by atoms with E-state index in [-0.39, 0.29) is 6.10 Å². The lowest BCUT2D eigenvalue weighted by atomic mass is 10.2. The van der Waals surface area contributed by atoms with Crippen LogP contribution in [0.25, 0.3) is 11.0 Å². The predicted molar refractivity (Wildman–Crippen MR) is 89.1 cm³/mol. The van der Waals surface area contributed by atoms with Crippen molar-refractivity contribution in [3.05, 3.63) is 60.2 Å². The highest BCUT2D eigenvalue weighted by Crippen LogP contribution is 2.24. The molecule has 22 heavy (non-hydrogen) atoms. The Hall–Kier alpha value is -2.62. The Morgan fingerprint density at radius 3 is 2.23 bits per heavy atom. The van der Waals surface area contributed by atoms with Gasteiger partial charge in [0.2, 0.25) is 0 Å². The highest BCUT2D eigenvalue weighted by molar-refractivity contribution is 5.77. The maximum atomic E-state index is 5.81. The standard InChI is InChI=1S/C18H19N3O/c1-13(2)22-18-17(19-12-14-8-4-3-5-9-14)20-15-10-6-7-11-16(15)21-18/h3-11,13H,12H2,1-2H3,(H,19,20). The van der Waals surface area contributed by atoms with Crippen LogP contribution < -0.4 is 10.1 Å². The minimum atomic E-state index is 0.0488. The fraction of sp³-hybridized carbons (Fsp3) is 0.222. The molecule has 2 aromatic carbocycles. The third-order valence-corrected chi connectivity index (χ3v) is 3.19. The van der Waals surface area contributed by atoms with Gasteiger partial charge in [-0.1, -0.05) is 42.5 Å². The Kier molecular flexibility index (Phi) is 4.19. The molecule has 0 atom stereocenters. The Bertz CT molecular complexity index is 757. The molecule has 0 saturated heterocycles. The number of anilines is 1. The molecule has 0 unspecified atom stereocenters. The summed E-state index contributed by atoms with van der Waals surface area (Å²) in [5.74, 6) is 1.22. The SMILES string of the molecule is CC(C)Oc1nc2ccccc2nc1NCc1ccccc1. The molecular formula is C18H19N3O. The summed E-state index contributed by atoms with van der Waals surface area (Å²) in [7, 11) is 0. The van der Waals surface area contributed by atoms with Crippen LogP contribution in [0.1, 0.15) is 19.4 Å². The number of nitrogens with one attached hydrogen (secondary N) is 1. The Balaban J connectivity index is 1.91. The van der Waals surface area contributed by atoms with Crippen LogP contribution >= 0.6 is 0 Å². The predicted octanol–water partition coefficient (Wildman–Crippen LogP) is 4.03. The van der Waals surface area contributed by atoms with Gasteiger partial charge >= 0.3 is 0 Å². The third kappa shape index (κ3) is 3.34. The lowest BCUT2D eigenvalue weighted by molar-refractivity contribution is 0.234. The molecular weight excluding hydrogens is 274 g/mol. The van der Waals surface area contributed by atoms with Gasteiger partial charge in [-0.15, -0.1) is 0 Å². The van der Waals surface area contributed by atoms with Crippen LogP contribution in [-0.2, 0) is 6.54 Å². The lowest BCUT2D eigenvalue weighted by Crippen LogP contribution is -2.11. The van der Waals surface area contributed by atoms with Crippen molar-refractivity contribution in [1.29, 1.82) is 0 Å². The third-order valence-electron chi connectivity index (χ3n) is 3.19. The van der Waals surface area contributed by atoms with Gasteiger partial charge in [0, 0.05) is 6.54 Å². The van der Waals surface area contributed by atoms with Crippen molar-refractivity contribution in [3.63, 3.8) is 0 Å². The van der Waals surface area contributed by atoms with E-state index >= 15 is 0 Å². The van der Waals surface area contributed by atoms with Crippen molar-refractivity contribution in [1.82, 2.24) is 9.97 Å². The molecule has 0 spiro atoms. The lowest BCUT2D eigenvalue weighted by Gasteiger charge is -2.14. The molecule has 112 valence electrons. The molecule has 0 fully saturated rings. The average Bonchev–Trinajstić information content (AvgIpc) is 2.53. The molecule has 0 aliphatic rings. The van der Waals surface area contributed by atoms with Gasteiger partial charge in [-0.3, -0.25) is 0 Å². The normalized spacial score (nSPS) is 10.9. The number of para-hydroxylation sites is 2. The molecule has 3 rings (SSSR count). The van der Waals surface area contributed by atoms with Crippen LogP contribution in [-0.4, -0.2) is 16.1 Å². The van der Waals surface area contributed by atoms with Crippen LogP contribution in [0.2, 0.25) is 0 Å². The molecule has 1 aromatic heterocycles. The van der Waals surface area contributed by atoms with Gasteiger partial charge in [0.1, 0.15) is 0 Å². The van der Waals surface area contributed by atoms with E-state index in [1.165, 1.54) is 5.56 Å².